The fourth-order valence-electron chi connectivity index (χ4n) is 1.67. The number of benzene rings is 2. The molecule has 0 bridgehead atoms. The summed E-state index contributed by atoms with van der Waals surface area (Å²) in [6, 6.07) is 7.96. The van der Waals surface area contributed by atoms with Gasteiger partial charge < -0.3 is 5.73 Å². The van der Waals surface area contributed by atoms with E-state index in [1.807, 2.05) is 0 Å². The summed E-state index contributed by atoms with van der Waals surface area (Å²) in [5, 5.41) is 0.366. The number of hydrogen-bond donors (Lipinski definition) is 1. The third-order valence-corrected chi connectivity index (χ3v) is 5.12. The Morgan fingerprint density at radius 3 is 2.40 bits per heavy atom. The normalized spacial score (nSPS) is 11.6. The second-order valence-electron chi connectivity index (χ2n) is 4.14. The van der Waals surface area contributed by atoms with Crippen LogP contribution in [0.25, 0.3) is 0 Å². The molecule has 0 radical (unpaired) electrons. The number of hydrogen-bond acceptors (Lipinski definition) is 3. The van der Waals surface area contributed by atoms with E-state index in [0.717, 1.165) is 6.07 Å². The molecule has 0 spiro atoms. The monoisotopic (exact) mass is 333 g/mol. The lowest BCUT2D eigenvalue weighted by molar-refractivity contribution is 0.587. The van der Waals surface area contributed by atoms with Crippen LogP contribution in [0.4, 0.5) is 10.1 Å². The van der Waals surface area contributed by atoms with Crippen molar-refractivity contribution >= 4 is 38.7 Å². The summed E-state index contributed by atoms with van der Waals surface area (Å²) in [7, 11) is -3.76. The number of halogens is 3. The average Bonchev–Trinajstić information content (AvgIpc) is 2.37. The third kappa shape index (κ3) is 3.06. The standard InChI is InChI=1S/C13H10Cl2FNO2S/c14-10-5-4-8(6-11(10)15)20(18,19)7-9-12(16)2-1-3-13(9)17/h1-6H,7,17H2. The molecule has 20 heavy (non-hydrogen) atoms. The van der Waals surface area contributed by atoms with Crippen molar-refractivity contribution in [2.24, 2.45) is 0 Å². The first-order chi connectivity index (χ1) is 9.31. The van der Waals surface area contributed by atoms with Crippen molar-refractivity contribution in [1.29, 1.82) is 0 Å². The number of sulfone groups is 1. The Balaban J connectivity index is 2.43. The Bertz CT molecular complexity index is 743. The second kappa shape index (κ2) is 5.60. The molecule has 2 rings (SSSR count). The highest BCUT2D eigenvalue weighted by atomic mass is 35.5. The van der Waals surface area contributed by atoms with Gasteiger partial charge in [0.2, 0.25) is 0 Å². The molecule has 0 heterocycles. The van der Waals surface area contributed by atoms with E-state index in [4.69, 9.17) is 28.9 Å². The molecule has 0 atom stereocenters. The molecule has 7 heteroatoms. The minimum atomic E-state index is -3.76. The van der Waals surface area contributed by atoms with Crippen LogP contribution in [0, 0.1) is 5.82 Å². The lowest BCUT2D eigenvalue weighted by Crippen LogP contribution is -2.09. The maximum Gasteiger partial charge on any atom is 0.182 e. The zero-order chi connectivity index (χ0) is 14.9. The Labute approximate surface area is 126 Å². The number of rotatable bonds is 3. The van der Waals surface area contributed by atoms with Crippen molar-refractivity contribution in [1.82, 2.24) is 0 Å². The topological polar surface area (TPSA) is 60.2 Å². The molecule has 0 saturated heterocycles. The first-order valence-electron chi connectivity index (χ1n) is 5.52. The van der Waals surface area contributed by atoms with Crippen molar-refractivity contribution in [3.63, 3.8) is 0 Å². The first kappa shape index (κ1) is 15.1. The molecular weight excluding hydrogens is 324 g/mol. The molecular formula is C13H10Cl2FNO2S. The summed E-state index contributed by atoms with van der Waals surface area (Å²) in [5.74, 6) is -1.20. The van der Waals surface area contributed by atoms with Crippen LogP contribution in [0.1, 0.15) is 5.56 Å². The molecule has 0 aromatic heterocycles. The van der Waals surface area contributed by atoms with E-state index in [9.17, 15) is 12.8 Å². The second-order valence-corrected chi connectivity index (χ2v) is 6.95. The lowest BCUT2D eigenvalue weighted by Gasteiger charge is -2.09. The van der Waals surface area contributed by atoms with Gasteiger partial charge in [0.15, 0.2) is 9.84 Å². The molecule has 106 valence electrons. The van der Waals surface area contributed by atoms with Crippen LogP contribution in [0.3, 0.4) is 0 Å². The van der Waals surface area contributed by atoms with Crippen LogP contribution >= 0.6 is 23.2 Å². The van der Waals surface area contributed by atoms with Gasteiger partial charge in [-0.2, -0.15) is 0 Å². The van der Waals surface area contributed by atoms with E-state index in [0.29, 0.717) is 0 Å². The summed E-state index contributed by atoms with van der Waals surface area (Å²) >= 11 is 11.5. The summed E-state index contributed by atoms with van der Waals surface area (Å²) < 4.78 is 38.1. The molecule has 0 fully saturated rings. The maximum absolute atomic E-state index is 13.6. The highest BCUT2D eigenvalue weighted by Gasteiger charge is 2.20. The highest BCUT2D eigenvalue weighted by Crippen LogP contribution is 2.28. The SMILES string of the molecule is Nc1cccc(F)c1CS(=O)(=O)c1ccc(Cl)c(Cl)c1. The maximum atomic E-state index is 13.6. The summed E-state index contributed by atoms with van der Waals surface area (Å²) in [4.78, 5) is -0.0328. The van der Waals surface area contributed by atoms with Crippen molar-refractivity contribution < 1.29 is 12.8 Å². The van der Waals surface area contributed by atoms with Gasteiger partial charge in [-0.1, -0.05) is 29.3 Å². The van der Waals surface area contributed by atoms with Crippen LogP contribution in [0.15, 0.2) is 41.3 Å². The fourth-order valence-corrected chi connectivity index (χ4v) is 3.46. The molecule has 0 aliphatic carbocycles. The van der Waals surface area contributed by atoms with Crippen LogP contribution in [-0.4, -0.2) is 8.42 Å². The Hall–Kier alpha value is -1.30. The van der Waals surface area contributed by atoms with E-state index in [-0.39, 0.29) is 26.2 Å². The molecule has 2 aromatic carbocycles. The van der Waals surface area contributed by atoms with Gasteiger partial charge in [-0.3, -0.25) is 0 Å². The van der Waals surface area contributed by atoms with Gasteiger partial charge in [0.25, 0.3) is 0 Å². The minimum absolute atomic E-state index is 0.0328. The van der Waals surface area contributed by atoms with Crippen molar-refractivity contribution in [2.45, 2.75) is 10.6 Å². The molecule has 2 N–H and O–H groups in total. The van der Waals surface area contributed by atoms with Crippen molar-refractivity contribution in [3.05, 3.63) is 57.8 Å². The molecule has 0 amide bonds. The van der Waals surface area contributed by atoms with Crippen LogP contribution in [0.2, 0.25) is 10.0 Å². The smallest absolute Gasteiger partial charge is 0.182 e. The number of nitrogens with two attached hydrogens (primary N) is 1. The van der Waals surface area contributed by atoms with Crippen molar-refractivity contribution in [3.8, 4) is 0 Å². The largest absolute Gasteiger partial charge is 0.398 e. The number of anilines is 1. The highest BCUT2D eigenvalue weighted by molar-refractivity contribution is 7.90. The van der Waals surface area contributed by atoms with E-state index in [1.165, 1.54) is 30.3 Å². The molecule has 0 aliphatic rings. The average molecular weight is 334 g/mol. The Morgan fingerprint density at radius 2 is 1.80 bits per heavy atom. The van der Waals surface area contributed by atoms with Crippen LogP contribution in [0.5, 0.6) is 0 Å². The van der Waals surface area contributed by atoms with Gasteiger partial charge in [-0.15, -0.1) is 0 Å². The molecule has 0 unspecified atom stereocenters. The number of nitrogen functional groups attached to an aromatic ring is 1. The lowest BCUT2D eigenvalue weighted by atomic mass is 10.2. The van der Waals surface area contributed by atoms with Crippen LogP contribution < -0.4 is 5.73 Å². The van der Waals surface area contributed by atoms with E-state index in [1.54, 1.807) is 0 Å². The predicted octanol–water partition coefficient (Wildman–Crippen LogP) is 3.69. The summed E-state index contributed by atoms with van der Waals surface area (Å²) in [5.41, 5.74) is 5.64. The zero-order valence-electron chi connectivity index (χ0n) is 10.1. The quantitative estimate of drug-likeness (QED) is 0.871. The summed E-state index contributed by atoms with van der Waals surface area (Å²) in [6.07, 6.45) is 0. The van der Waals surface area contributed by atoms with Gasteiger partial charge in [-0.05, 0) is 30.3 Å². The Morgan fingerprint density at radius 1 is 1.10 bits per heavy atom. The molecule has 0 aliphatic heterocycles. The summed E-state index contributed by atoms with van der Waals surface area (Å²) in [6.45, 7) is 0. The van der Waals surface area contributed by atoms with E-state index < -0.39 is 21.4 Å². The first-order valence-corrected chi connectivity index (χ1v) is 7.93. The third-order valence-electron chi connectivity index (χ3n) is 2.74. The van der Waals surface area contributed by atoms with Crippen LogP contribution in [-0.2, 0) is 15.6 Å². The molecule has 2 aromatic rings. The minimum Gasteiger partial charge on any atom is -0.398 e. The van der Waals surface area contributed by atoms with Gasteiger partial charge in [-0.25, -0.2) is 12.8 Å². The zero-order valence-corrected chi connectivity index (χ0v) is 12.4. The van der Waals surface area contributed by atoms with E-state index in [2.05, 4.69) is 0 Å². The van der Waals surface area contributed by atoms with E-state index >= 15 is 0 Å². The molecule has 0 saturated carbocycles. The van der Waals surface area contributed by atoms with Gasteiger partial charge in [0.05, 0.1) is 20.7 Å². The predicted molar refractivity (Wildman–Crippen MR) is 78.2 cm³/mol. The Kier molecular flexibility index (Phi) is 4.22. The van der Waals surface area contributed by atoms with Gasteiger partial charge in [0, 0.05) is 11.3 Å². The molecule has 3 nitrogen and oxygen atoms in total. The van der Waals surface area contributed by atoms with Gasteiger partial charge >= 0.3 is 0 Å². The van der Waals surface area contributed by atoms with Crippen molar-refractivity contribution in [2.75, 3.05) is 5.73 Å². The fraction of sp³-hybridized carbons (Fsp3) is 0.0769. The van der Waals surface area contributed by atoms with Gasteiger partial charge in [0.1, 0.15) is 5.82 Å².